The van der Waals surface area contributed by atoms with Gasteiger partial charge >= 0.3 is 0 Å². The maximum atomic E-state index is 6.32. The average molecular weight is 262 g/mol. The van der Waals surface area contributed by atoms with Crippen molar-refractivity contribution in [1.82, 2.24) is 0 Å². The summed E-state index contributed by atoms with van der Waals surface area (Å²) in [5.41, 5.74) is 6.07. The first-order valence-corrected chi connectivity index (χ1v) is 7.13. The van der Waals surface area contributed by atoms with Gasteiger partial charge in [-0.3, -0.25) is 0 Å². The SMILES string of the molecule is CC1=COC2(c3ccccc3-c3ccccc32)C1(C)C. The Labute approximate surface area is 119 Å². The van der Waals surface area contributed by atoms with E-state index < -0.39 is 0 Å². The molecule has 0 aromatic heterocycles. The van der Waals surface area contributed by atoms with Gasteiger partial charge in [-0.1, -0.05) is 62.4 Å². The van der Waals surface area contributed by atoms with E-state index in [1.807, 2.05) is 6.26 Å². The number of fused-ring (bicyclic) bond motifs is 5. The lowest BCUT2D eigenvalue weighted by Gasteiger charge is -2.40. The van der Waals surface area contributed by atoms with Gasteiger partial charge in [0.25, 0.3) is 0 Å². The van der Waals surface area contributed by atoms with Gasteiger partial charge in [-0.05, 0) is 23.6 Å². The Morgan fingerprint density at radius 3 is 1.75 bits per heavy atom. The number of hydrogen-bond acceptors (Lipinski definition) is 1. The van der Waals surface area contributed by atoms with Crippen molar-refractivity contribution in [2.45, 2.75) is 26.4 Å². The molecule has 0 atom stereocenters. The molecule has 0 saturated carbocycles. The van der Waals surface area contributed by atoms with E-state index >= 15 is 0 Å². The maximum Gasteiger partial charge on any atom is 0.168 e. The summed E-state index contributed by atoms with van der Waals surface area (Å²) in [4.78, 5) is 0. The van der Waals surface area contributed by atoms with Crippen molar-refractivity contribution in [3.8, 4) is 11.1 Å². The van der Waals surface area contributed by atoms with Gasteiger partial charge in [-0.2, -0.15) is 0 Å². The molecule has 1 heterocycles. The standard InChI is InChI=1S/C19H18O/c1-13-12-20-19(18(13,2)3)16-10-6-4-8-14(16)15-9-5-7-11-17(15)19/h4-12H,1-3H3. The predicted octanol–water partition coefficient (Wildman–Crippen LogP) is 4.87. The van der Waals surface area contributed by atoms with Crippen LogP contribution in [0.1, 0.15) is 31.9 Å². The molecule has 20 heavy (non-hydrogen) atoms. The second-order valence-corrected chi connectivity index (χ2v) is 6.32. The summed E-state index contributed by atoms with van der Waals surface area (Å²) in [5, 5.41) is 0. The highest BCUT2D eigenvalue weighted by Crippen LogP contribution is 2.62. The fourth-order valence-electron chi connectivity index (χ4n) is 3.74. The largest absolute Gasteiger partial charge is 0.484 e. The topological polar surface area (TPSA) is 9.23 Å². The van der Waals surface area contributed by atoms with Crippen LogP contribution in [-0.2, 0) is 10.3 Å². The zero-order valence-corrected chi connectivity index (χ0v) is 12.1. The number of hydrogen-bond donors (Lipinski definition) is 0. The molecule has 1 spiro atoms. The van der Waals surface area contributed by atoms with Gasteiger partial charge < -0.3 is 4.74 Å². The van der Waals surface area contributed by atoms with Crippen LogP contribution in [0, 0.1) is 5.41 Å². The highest BCUT2D eigenvalue weighted by Gasteiger charge is 2.58. The molecule has 0 amide bonds. The Kier molecular flexibility index (Phi) is 2.09. The van der Waals surface area contributed by atoms with Crippen molar-refractivity contribution in [2.75, 3.05) is 0 Å². The second kappa shape index (κ2) is 3.54. The molecule has 0 radical (unpaired) electrons. The van der Waals surface area contributed by atoms with Gasteiger partial charge in [0.1, 0.15) is 0 Å². The lowest BCUT2D eigenvalue weighted by atomic mass is 9.67. The molecule has 0 saturated heterocycles. The fraction of sp³-hybridized carbons (Fsp3) is 0.263. The van der Waals surface area contributed by atoms with Crippen LogP contribution in [0.2, 0.25) is 0 Å². The Morgan fingerprint density at radius 2 is 1.30 bits per heavy atom. The van der Waals surface area contributed by atoms with Crippen molar-refractivity contribution in [3.63, 3.8) is 0 Å². The monoisotopic (exact) mass is 262 g/mol. The zero-order chi connectivity index (χ0) is 14.0. The molecule has 1 aliphatic carbocycles. The van der Waals surface area contributed by atoms with E-state index in [1.54, 1.807) is 0 Å². The fourth-order valence-corrected chi connectivity index (χ4v) is 3.74. The molecule has 1 aliphatic heterocycles. The minimum Gasteiger partial charge on any atom is -0.484 e. The number of ether oxygens (including phenoxy) is 1. The van der Waals surface area contributed by atoms with Gasteiger partial charge in [0, 0.05) is 16.5 Å². The summed E-state index contributed by atoms with van der Waals surface area (Å²) < 4.78 is 6.32. The maximum absolute atomic E-state index is 6.32. The number of benzene rings is 2. The van der Waals surface area contributed by atoms with Gasteiger partial charge in [-0.15, -0.1) is 0 Å². The molecule has 2 aromatic carbocycles. The Balaban J connectivity index is 2.12. The van der Waals surface area contributed by atoms with Crippen LogP contribution in [0.25, 0.3) is 11.1 Å². The predicted molar refractivity (Wildman–Crippen MR) is 81.3 cm³/mol. The third kappa shape index (κ3) is 1.10. The van der Waals surface area contributed by atoms with Crippen molar-refractivity contribution in [2.24, 2.45) is 5.41 Å². The molecule has 2 aliphatic rings. The Bertz CT molecular complexity index is 691. The molecule has 4 rings (SSSR count). The molecule has 1 nitrogen and oxygen atoms in total. The molecule has 0 unspecified atom stereocenters. The third-order valence-electron chi connectivity index (χ3n) is 5.18. The van der Waals surface area contributed by atoms with Crippen LogP contribution >= 0.6 is 0 Å². The van der Waals surface area contributed by atoms with E-state index in [2.05, 4.69) is 69.3 Å². The minimum absolute atomic E-state index is 0.0459. The van der Waals surface area contributed by atoms with Crippen molar-refractivity contribution in [3.05, 3.63) is 71.5 Å². The highest BCUT2D eigenvalue weighted by atomic mass is 16.5. The zero-order valence-electron chi connectivity index (χ0n) is 12.1. The molecule has 2 aromatic rings. The normalized spacial score (nSPS) is 20.2. The van der Waals surface area contributed by atoms with Gasteiger partial charge in [0.15, 0.2) is 5.60 Å². The molecular formula is C19H18O. The van der Waals surface area contributed by atoms with Crippen LogP contribution in [0.3, 0.4) is 0 Å². The summed E-state index contributed by atoms with van der Waals surface area (Å²) in [5.74, 6) is 0. The van der Waals surface area contributed by atoms with E-state index in [9.17, 15) is 0 Å². The van der Waals surface area contributed by atoms with Crippen LogP contribution in [-0.4, -0.2) is 0 Å². The Morgan fingerprint density at radius 1 is 0.800 bits per heavy atom. The lowest BCUT2D eigenvalue weighted by Crippen LogP contribution is -2.39. The first kappa shape index (κ1) is 11.8. The summed E-state index contributed by atoms with van der Waals surface area (Å²) in [7, 11) is 0. The highest BCUT2D eigenvalue weighted by molar-refractivity contribution is 5.81. The minimum atomic E-state index is -0.371. The first-order chi connectivity index (χ1) is 9.59. The smallest absolute Gasteiger partial charge is 0.168 e. The molecule has 1 heteroatoms. The summed E-state index contributed by atoms with van der Waals surface area (Å²) in [6.07, 6.45) is 1.94. The lowest BCUT2D eigenvalue weighted by molar-refractivity contribution is 0.00790. The first-order valence-electron chi connectivity index (χ1n) is 7.13. The van der Waals surface area contributed by atoms with Crippen LogP contribution in [0.4, 0.5) is 0 Å². The van der Waals surface area contributed by atoms with Gasteiger partial charge in [0.2, 0.25) is 0 Å². The van der Waals surface area contributed by atoms with E-state index in [4.69, 9.17) is 4.74 Å². The average Bonchev–Trinajstić information content (AvgIpc) is 2.89. The number of rotatable bonds is 0. The van der Waals surface area contributed by atoms with Crippen molar-refractivity contribution >= 4 is 0 Å². The van der Waals surface area contributed by atoms with Gasteiger partial charge in [0.05, 0.1) is 6.26 Å². The van der Waals surface area contributed by atoms with Crippen LogP contribution in [0.15, 0.2) is 60.4 Å². The molecule has 100 valence electrons. The summed E-state index contributed by atoms with van der Waals surface area (Å²) in [6, 6.07) is 17.3. The van der Waals surface area contributed by atoms with E-state index in [0.29, 0.717) is 0 Å². The van der Waals surface area contributed by atoms with Gasteiger partial charge in [-0.25, -0.2) is 0 Å². The molecular weight excluding hydrogens is 244 g/mol. The third-order valence-corrected chi connectivity index (χ3v) is 5.18. The quantitative estimate of drug-likeness (QED) is 0.658. The summed E-state index contributed by atoms with van der Waals surface area (Å²) >= 11 is 0. The van der Waals surface area contributed by atoms with Crippen LogP contribution in [0.5, 0.6) is 0 Å². The van der Waals surface area contributed by atoms with Crippen molar-refractivity contribution in [1.29, 1.82) is 0 Å². The Hall–Kier alpha value is -2.02. The molecule has 0 N–H and O–H groups in total. The molecule has 0 fully saturated rings. The van der Waals surface area contributed by atoms with E-state index in [-0.39, 0.29) is 11.0 Å². The van der Waals surface area contributed by atoms with E-state index in [1.165, 1.54) is 27.8 Å². The van der Waals surface area contributed by atoms with E-state index in [0.717, 1.165) is 0 Å². The van der Waals surface area contributed by atoms with Crippen LogP contribution < -0.4 is 0 Å². The summed E-state index contributed by atoms with van der Waals surface area (Å²) in [6.45, 7) is 6.73. The second-order valence-electron chi connectivity index (χ2n) is 6.32. The molecule has 0 bridgehead atoms. The van der Waals surface area contributed by atoms with Crippen molar-refractivity contribution < 1.29 is 4.74 Å².